The highest BCUT2D eigenvalue weighted by molar-refractivity contribution is 5.94. The largest absolute Gasteiger partial charge is 0.335 e. The molecule has 1 aliphatic rings. The monoisotopic (exact) mass is 385 g/mol. The molecule has 0 radical (unpaired) electrons. The molecule has 2 aromatic heterocycles. The van der Waals surface area contributed by atoms with Crippen LogP contribution in [0.2, 0.25) is 0 Å². The normalized spacial score (nSPS) is 17.0. The van der Waals surface area contributed by atoms with Gasteiger partial charge < -0.3 is 4.90 Å². The van der Waals surface area contributed by atoms with Crippen LogP contribution in [-0.2, 0) is 0 Å². The van der Waals surface area contributed by atoms with E-state index in [1.54, 1.807) is 0 Å². The van der Waals surface area contributed by atoms with Gasteiger partial charge in [-0.15, -0.1) is 0 Å². The summed E-state index contributed by atoms with van der Waals surface area (Å²) in [6.07, 6.45) is 5.93. The third-order valence-corrected chi connectivity index (χ3v) is 5.64. The van der Waals surface area contributed by atoms with Gasteiger partial charge in [-0.3, -0.25) is 14.6 Å². The van der Waals surface area contributed by atoms with Crippen molar-refractivity contribution in [3.63, 3.8) is 0 Å². The number of nitrogens with zero attached hydrogens (tertiary/aromatic N) is 4. The second-order valence-corrected chi connectivity index (χ2v) is 7.77. The Hall–Kier alpha value is -3.41. The number of H-pyrrole nitrogens is 1. The maximum absolute atomic E-state index is 13.1. The van der Waals surface area contributed by atoms with Crippen LogP contribution in [0.25, 0.3) is 22.0 Å². The van der Waals surface area contributed by atoms with Gasteiger partial charge in [0.15, 0.2) is 0 Å². The molecular formula is C23H23N5O. The fourth-order valence-electron chi connectivity index (χ4n) is 4.09. The molecule has 146 valence electrons. The SMILES string of the molecule is Cc1cnn(C2CCCN(C(=O)c3cc(-c4ccc5ccccc5c4)n[nH]3)C2)c1. The molecule has 0 saturated carbocycles. The highest BCUT2D eigenvalue weighted by Gasteiger charge is 2.27. The van der Waals surface area contributed by atoms with Crippen molar-refractivity contribution in [2.24, 2.45) is 0 Å². The molecule has 1 atom stereocenters. The quantitative estimate of drug-likeness (QED) is 0.574. The number of aryl methyl sites for hydroxylation is 1. The molecule has 0 spiro atoms. The number of hydrogen-bond donors (Lipinski definition) is 1. The van der Waals surface area contributed by atoms with E-state index in [1.807, 2.05) is 53.2 Å². The lowest BCUT2D eigenvalue weighted by molar-refractivity contribution is 0.0667. The molecule has 1 fully saturated rings. The Morgan fingerprint density at radius 3 is 2.83 bits per heavy atom. The number of fused-ring (bicyclic) bond motifs is 1. The van der Waals surface area contributed by atoms with Crippen LogP contribution in [0.4, 0.5) is 0 Å². The first kappa shape index (κ1) is 17.7. The van der Waals surface area contributed by atoms with Crippen molar-refractivity contribution in [3.05, 3.63) is 72.2 Å². The number of piperidine rings is 1. The number of carbonyl (C=O) groups is 1. The highest BCUT2D eigenvalue weighted by Crippen LogP contribution is 2.26. The minimum atomic E-state index is -0.00174. The summed E-state index contributed by atoms with van der Waals surface area (Å²) in [7, 11) is 0. The summed E-state index contributed by atoms with van der Waals surface area (Å²) in [5.74, 6) is -0.00174. The van der Waals surface area contributed by atoms with Gasteiger partial charge >= 0.3 is 0 Å². The molecular weight excluding hydrogens is 362 g/mol. The predicted octanol–water partition coefficient (Wildman–Crippen LogP) is 4.21. The average Bonchev–Trinajstić information content (AvgIpc) is 3.42. The van der Waals surface area contributed by atoms with Crippen molar-refractivity contribution in [2.45, 2.75) is 25.8 Å². The Balaban J connectivity index is 1.35. The van der Waals surface area contributed by atoms with Gasteiger partial charge in [-0.05, 0) is 48.2 Å². The van der Waals surface area contributed by atoms with Crippen molar-refractivity contribution in [1.82, 2.24) is 24.9 Å². The molecule has 1 amide bonds. The second-order valence-electron chi connectivity index (χ2n) is 7.77. The number of nitrogens with one attached hydrogen (secondary N) is 1. The topological polar surface area (TPSA) is 66.8 Å². The van der Waals surface area contributed by atoms with Crippen molar-refractivity contribution in [2.75, 3.05) is 13.1 Å². The van der Waals surface area contributed by atoms with Crippen molar-refractivity contribution in [1.29, 1.82) is 0 Å². The van der Waals surface area contributed by atoms with Crippen LogP contribution in [0.3, 0.4) is 0 Å². The Morgan fingerprint density at radius 2 is 2.00 bits per heavy atom. The molecule has 5 rings (SSSR count). The summed E-state index contributed by atoms with van der Waals surface area (Å²) in [5.41, 5.74) is 3.46. The van der Waals surface area contributed by atoms with Gasteiger partial charge in [-0.2, -0.15) is 10.2 Å². The summed E-state index contributed by atoms with van der Waals surface area (Å²) in [6.45, 7) is 3.47. The summed E-state index contributed by atoms with van der Waals surface area (Å²) in [5, 5.41) is 14.1. The third-order valence-electron chi connectivity index (χ3n) is 5.64. The lowest BCUT2D eigenvalue weighted by Gasteiger charge is -2.32. The first-order valence-electron chi connectivity index (χ1n) is 10.0. The van der Waals surface area contributed by atoms with Crippen LogP contribution < -0.4 is 0 Å². The van der Waals surface area contributed by atoms with E-state index in [0.717, 1.165) is 41.6 Å². The molecule has 1 aliphatic heterocycles. The Kier molecular flexibility index (Phi) is 4.39. The first-order chi connectivity index (χ1) is 14.2. The fraction of sp³-hybridized carbons (Fsp3) is 0.261. The zero-order valence-electron chi connectivity index (χ0n) is 16.4. The number of carbonyl (C=O) groups excluding carboxylic acids is 1. The number of amides is 1. The molecule has 6 nitrogen and oxygen atoms in total. The van der Waals surface area contributed by atoms with Gasteiger partial charge in [0, 0.05) is 24.8 Å². The Bertz CT molecular complexity index is 1170. The molecule has 29 heavy (non-hydrogen) atoms. The number of aromatic nitrogens is 4. The number of aromatic amines is 1. The van der Waals surface area contributed by atoms with E-state index in [0.29, 0.717) is 12.2 Å². The van der Waals surface area contributed by atoms with Crippen LogP contribution in [-0.4, -0.2) is 43.9 Å². The Labute approximate surface area is 169 Å². The fourth-order valence-corrected chi connectivity index (χ4v) is 4.09. The third kappa shape index (κ3) is 3.42. The molecule has 6 heteroatoms. The van der Waals surface area contributed by atoms with Crippen LogP contribution in [0, 0.1) is 6.92 Å². The molecule has 4 aromatic rings. The van der Waals surface area contributed by atoms with E-state index in [-0.39, 0.29) is 11.9 Å². The number of likely N-dealkylation sites (tertiary alicyclic amines) is 1. The summed E-state index contributed by atoms with van der Waals surface area (Å²) >= 11 is 0. The van der Waals surface area contributed by atoms with Crippen LogP contribution in [0.1, 0.15) is 34.9 Å². The van der Waals surface area contributed by atoms with E-state index >= 15 is 0 Å². The van der Waals surface area contributed by atoms with Gasteiger partial charge in [0.2, 0.25) is 0 Å². The summed E-state index contributed by atoms with van der Waals surface area (Å²) < 4.78 is 1.99. The zero-order chi connectivity index (χ0) is 19.8. The lowest BCUT2D eigenvalue weighted by atomic mass is 10.0. The molecule has 3 heterocycles. The van der Waals surface area contributed by atoms with Crippen molar-refractivity contribution in [3.8, 4) is 11.3 Å². The zero-order valence-corrected chi connectivity index (χ0v) is 16.4. The molecule has 2 aromatic carbocycles. The summed E-state index contributed by atoms with van der Waals surface area (Å²) in [6, 6.07) is 16.6. The van der Waals surface area contributed by atoms with Crippen LogP contribution >= 0.6 is 0 Å². The molecule has 1 saturated heterocycles. The predicted molar refractivity (Wildman–Crippen MR) is 113 cm³/mol. The minimum Gasteiger partial charge on any atom is -0.335 e. The van der Waals surface area contributed by atoms with Crippen molar-refractivity contribution < 1.29 is 4.79 Å². The van der Waals surface area contributed by atoms with Gasteiger partial charge in [-0.1, -0.05) is 36.4 Å². The molecule has 0 aliphatic carbocycles. The van der Waals surface area contributed by atoms with Gasteiger partial charge in [-0.25, -0.2) is 0 Å². The standard InChI is InChI=1S/C23H23N5O/c1-16-13-24-28(14-16)20-7-4-10-27(15-20)23(29)22-12-21(25-26-22)19-9-8-17-5-2-3-6-18(17)11-19/h2-3,5-6,8-9,11-14,20H,4,7,10,15H2,1H3,(H,25,26). The number of hydrogen-bond acceptors (Lipinski definition) is 3. The first-order valence-corrected chi connectivity index (χ1v) is 10.0. The lowest BCUT2D eigenvalue weighted by Crippen LogP contribution is -2.41. The summed E-state index contributed by atoms with van der Waals surface area (Å²) in [4.78, 5) is 15.0. The van der Waals surface area contributed by atoms with Crippen LogP contribution in [0.15, 0.2) is 60.9 Å². The smallest absolute Gasteiger partial charge is 0.271 e. The van der Waals surface area contributed by atoms with E-state index in [4.69, 9.17) is 0 Å². The van der Waals surface area contributed by atoms with E-state index < -0.39 is 0 Å². The molecule has 1 N–H and O–H groups in total. The second kappa shape index (κ2) is 7.20. The highest BCUT2D eigenvalue weighted by atomic mass is 16.2. The van der Waals surface area contributed by atoms with Gasteiger partial charge in [0.05, 0.1) is 17.9 Å². The molecule has 1 unspecified atom stereocenters. The maximum Gasteiger partial charge on any atom is 0.271 e. The van der Waals surface area contributed by atoms with Gasteiger partial charge in [0.1, 0.15) is 5.69 Å². The average molecular weight is 385 g/mol. The van der Waals surface area contributed by atoms with Gasteiger partial charge in [0.25, 0.3) is 5.91 Å². The van der Waals surface area contributed by atoms with Crippen LogP contribution in [0.5, 0.6) is 0 Å². The molecule has 0 bridgehead atoms. The Morgan fingerprint density at radius 1 is 1.14 bits per heavy atom. The van der Waals surface area contributed by atoms with E-state index in [9.17, 15) is 4.79 Å². The number of benzene rings is 2. The minimum absolute atomic E-state index is 0.00174. The number of rotatable bonds is 3. The van der Waals surface area contributed by atoms with E-state index in [1.165, 1.54) is 5.39 Å². The van der Waals surface area contributed by atoms with Crippen molar-refractivity contribution >= 4 is 16.7 Å². The maximum atomic E-state index is 13.1. The van der Waals surface area contributed by atoms with E-state index in [2.05, 4.69) is 39.6 Å².